The predicted molar refractivity (Wildman–Crippen MR) is 113 cm³/mol. The lowest BCUT2D eigenvalue weighted by atomic mass is 10.0. The van der Waals surface area contributed by atoms with Gasteiger partial charge in [0.2, 0.25) is 11.7 Å². The molecule has 7 heteroatoms. The van der Waals surface area contributed by atoms with Gasteiger partial charge >= 0.3 is 6.03 Å². The van der Waals surface area contributed by atoms with Crippen LogP contribution in [0.3, 0.4) is 0 Å². The monoisotopic (exact) mass is 410 g/mol. The fourth-order valence-corrected chi connectivity index (χ4v) is 3.83. The molecule has 150 valence electrons. The van der Waals surface area contributed by atoms with Gasteiger partial charge in [0, 0.05) is 22.8 Å². The van der Waals surface area contributed by atoms with Crippen molar-refractivity contribution in [3.8, 4) is 11.4 Å². The molecular weight excluding hydrogens is 388 g/mol. The van der Waals surface area contributed by atoms with Crippen molar-refractivity contribution in [2.45, 2.75) is 39.2 Å². The minimum absolute atomic E-state index is 0.140. The molecular formula is C22H23ClN4O2. The maximum Gasteiger partial charge on any atom is 0.322 e. The third kappa shape index (κ3) is 4.12. The molecule has 6 nitrogen and oxygen atoms in total. The number of anilines is 1. The van der Waals surface area contributed by atoms with Crippen LogP contribution in [0.15, 0.2) is 47.0 Å². The van der Waals surface area contributed by atoms with Crippen molar-refractivity contribution < 1.29 is 9.32 Å². The van der Waals surface area contributed by atoms with E-state index in [2.05, 4.69) is 15.5 Å². The van der Waals surface area contributed by atoms with Crippen LogP contribution in [0, 0.1) is 13.8 Å². The molecule has 2 heterocycles. The minimum atomic E-state index is -0.235. The topological polar surface area (TPSA) is 71.3 Å². The third-order valence-corrected chi connectivity index (χ3v) is 5.56. The number of piperidine rings is 1. The first kappa shape index (κ1) is 19.5. The van der Waals surface area contributed by atoms with Crippen molar-refractivity contribution in [3.63, 3.8) is 0 Å². The molecule has 0 spiro atoms. The fourth-order valence-electron chi connectivity index (χ4n) is 3.71. The Morgan fingerprint density at radius 2 is 1.86 bits per heavy atom. The molecule has 2 amide bonds. The summed E-state index contributed by atoms with van der Waals surface area (Å²) in [6, 6.07) is 12.9. The van der Waals surface area contributed by atoms with Gasteiger partial charge in [0.1, 0.15) is 6.04 Å². The zero-order chi connectivity index (χ0) is 20.4. The number of likely N-dealkylation sites (tertiary alicyclic amines) is 1. The van der Waals surface area contributed by atoms with Crippen LogP contribution in [0.5, 0.6) is 0 Å². The minimum Gasteiger partial charge on any atom is -0.337 e. The number of urea groups is 1. The summed E-state index contributed by atoms with van der Waals surface area (Å²) in [5.41, 5.74) is 3.76. The Morgan fingerprint density at radius 3 is 2.59 bits per heavy atom. The highest BCUT2D eigenvalue weighted by molar-refractivity contribution is 6.30. The number of amides is 2. The summed E-state index contributed by atoms with van der Waals surface area (Å²) < 4.78 is 5.55. The summed E-state index contributed by atoms with van der Waals surface area (Å²) in [5, 5.41) is 7.84. The van der Waals surface area contributed by atoms with Gasteiger partial charge in [-0.1, -0.05) is 35.0 Å². The SMILES string of the molecule is Cc1cccc(C)c1NC(=O)N1CCCC[C@H]1c1nc(-c2ccc(Cl)cc2)no1. The van der Waals surface area contributed by atoms with Crippen LogP contribution in [0.2, 0.25) is 5.02 Å². The number of halogens is 1. The number of hydrogen-bond acceptors (Lipinski definition) is 4. The van der Waals surface area contributed by atoms with E-state index >= 15 is 0 Å². The van der Waals surface area contributed by atoms with E-state index in [1.165, 1.54) is 0 Å². The first-order chi connectivity index (χ1) is 14.0. The van der Waals surface area contributed by atoms with Crippen LogP contribution in [-0.2, 0) is 0 Å². The molecule has 3 aromatic rings. The van der Waals surface area contributed by atoms with E-state index in [0.717, 1.165) is 41.6 Å². The predicted octanol–water partition coefficient (Wildman–Crippen LogP) is 5.77. The van der Waals surface area contributed by atoms with Crippen molar-refractivity contribution in [1.82, 2.24) is 15.0 Å². The van der Waals surface area contributed by atoms with Crippen LogP contribution in [-0.4, -0.2) is 27.6 Å². The number of carbonyl (C=O) groups is 1. The van der Waals surface area contributed by atoms with E-state index < -0.39 is 0 Å². The molecule has 1 aromatic heterocycles. The van der Waals surface area contributed by atoms with Crippen molar-refractivity contribution in [2.75, 3.05) is 11.9 Å². The summed E-state index contributed by atoms with van der Waals surface area (Å²) in [5.74, 6) is 0.962. The summed E-state index contributed by atoms with van der Waals surface area (Å²) >= 11 is 5.95. The Hall–Kier alpha value is -2.86. The third-order valence-electron chi connectivity index (χ3n) is 5.31. The average molecular weight is 411 g/mol. The Morgan fingerprint density at radius 1 is 1.14 bits per heavy atom. The van der Waals surface area contributed by atoms with Crippen molar-refractivity contribution in [2.24, 2.45) is 0 Å². The number of aromatic nitrogens is 2. The van der Waals surface area contributed by atoms with Crippen molar-refractivity contribution in [1.29, 1.82) is 0 Å². The highest BCUT2D eigenvalue weighted by Gasteiger charge is 2.32. The second kappa shape index (κ2) is 8.25. The molecule has 0 bridgehead atoms. The zero-order valence-corrected chi connectivity index (χ0v) is 17.2. The number of benzene rings is 2. The lowest BCUT2D eigenvalue weighted by Gasteiger charge is -2.33. The average Bonchev–Trinajstić information content (AvgIpc) is 3.21. The van der Waals surface area contributed by atoms with Crippen molar-refractivity contribution in [3.05, 3.63) is 64.5 Å². The van der Waals surface area contributed by atoms with Gasteiger partial charge < -0.3 is 14.7 Å². The Bertz CT molecular complexity index is 996. The summed E-state index contributed by atoms with van der Waals surface area (Å²) in [7, 11) is 0. The maximum atomic E-state index is 13.1. The van der Waals surface area contributed by atoms with E-state index in [9.17, 15) is 4.79 Å². The van der Waals surface area contributed by atoms with Gasteiger partial charge in [-0.2, -0.15) is 4.98 Å². The molecule has 0 radical (unpaired) electrons. The van der Waals surface area contributed by atoms with Crippen LogP contribution < -0.4 is 5.32 Å². The largest absolute Gasteiger partial charge is 0.337 e. The molecule has 2 aromatic carbocycles. The van der Waals surface area contributed by atoms with Crippen LogP contribution in [0.4, 0.5) is 10.5 Å². The highest BCUT2D eigenvalue weighted by atomic mass is 35.5. The van der Waals surface area contributed by atoms with Gasteiger partial charge in [-0.05, 0) is 68.5 Å². The quantitative estimate of drug-likeness (QED) is 0.595. The second-order valence-corrected chi connectivity index (χ2v) is 7.80. The standard InChI is InChI=1S/C22H23ClN4O2/c1-14-6-5-7-15(2)19(14)24-22(28)27-13-4-3-8-18(27)21-25-20(26-29-21)16-9-11-17(23)12-10-16/h5-7,9-12,18H,3-4,8,13H2,1-2H3,(H,24,28)/t18-/m0/s1. The molecule has 1 atom stereocenters. The molecule has 4 rings (SSSR count). The van der Waals surface area contributed by atoms with Gasteiger partial charge in [-0.15, -0.1) is 0 Å². The van der Waals surface area contributed by atoms with E-state index in [1.54, 1.807) is 17.0 Å². The number of para-hydroxylation sites is 1. The Labute approximate surface area is 174 Å². The van der Waals surface area contributed by atoms with Crippen LogP contribution >= 0.6 is 11.6 Å². The highest BCUT2D eigenvalue weighted by Crippen LogP contribution is 2.32. The molecule has 0 aliphatic carbocycles. The first-order valence-corrected chi connectivity index (χ1v) is 10.1. The number of nitrogens with one attached hydrogen (secondary N) is 1. The Kier molecular flexibility index (Phi) is 5.53. The number of aryl methyl sites for hydroxylation is 2. The molecule has 0 saturated carbocycles. The number of carbonyl (C=O) groups excluding carboxylic acids is 1. The maximum absolute atomic E-state index is 13.1. The first-order valence-electron chi connectivity index (χ1n) is 9.76. The van der Waals surface area contributed by atoms with E-state index in [-0.39, 0.29) is 12.1 Å². The number of nitrogens with zero attached hydrogens (tertiary/aromatic N) is 3. The van der Waals surface area contributed by atoms with Gasteiger partial charge in [0.25, 0.3) is 0 Å². The summed E-state index contributed by atoms with van der Waals surface area (Å²) in [6.45, 7) is 4.64. The van der Waals surface area contributed by atoms with Gasteiger partial charge in [0.05, 0.1) is 0 Å². The van der Waals surface area contributed by atoms with E-state index in [0.29, 0.717) is 23.3 Å². The molecule has 29 heavy (non-hydrogen) atoms. The van der Waals surface area contributed by atoms with Crippen LogP contribution in [0.1, 0.15) is 42.3 Å². The van der Waals surface area contributed by atoms with Crippen molar-refractivity contribution >= 4 is 23.3 Å². The summed E-state index contributed by atoms with van der Waals surface area (Å²) in [4.78, 5) is 19.4. The van der Waals surface area contributed by atoms with Gasteiger partial charge in [-0.25, -0.2) is 4.79 Å². The number of hydrogen-bond donors (Lipinski definition) is 1. The molecule has 0 unspecified atom stereocenters. The second-order valence-electron chi connectivity index (χ2n) is 7.37. The Balaban J connectivity index is 1.56. The lowest BCUT2D eigenvalue weighted by molar-refractivity contribution is 0.142. The molecule has 1 saturated heterocycles. The van der Waals surface area contributed by atoms with Crippen LogP contribution in [0.25, 0.3) is 11.4 Å². The smallest absolute Gasteiger partial charge is 0.322 e. The molecule has 1 aliphatic rings. The zero-order valence-electron chi connectivity index (χ0n) is 16.5. The molecule has 1 N–H and O–H groups in total. The van der Waals surface area contributed by atoms with E-state index in [1.807, 2.05) is 44.2 Å². The van der Waals surface area contributed by atoms with E-state index in [4.69, 9.17) is 16.1 Å². The summed E-state index contributed by atoms with van der Waals surface area (Å²) in [6.07, 6.45) is 2.76. The molecule has 1 aliphatic heterocycles. The normalized spacial score (nSPS) is 16.7. The van der Waals surface area contributed by atoms with Gasteiger partial charge in [0.15, 0.2) is 0 Å². The lowest BCUT2D eigenvalue weighted by Crippen LogP contribution is -2.41. The van der Waals surface area contributed by atoms with Gasteiger partial charge in [-0.3, -0.25) is 0 Å². The fraction of sp³-hybridized carbons (Fsp3) is 0.318. The number of rotatable bonds is 3. The molecule has 1 fully saturated rings.